The second-order valence-corrected chi connectivity index (χ2v) is 6.53. The van der Waals surface area contributed by atoms with Crippen LogP contribution in [0.3, 0.4) is 0 Å². The number of carbonyl (C=O) groups is 1. The number of nitrogens with zero attached hydrogens (tertiary/aromatic N) is 1. The second kappa shape index (κ2) is 8.14. The molecular formula is C13H16NNaO5S. The van der Waals surface area contributed by atoms with E-state index < -0.39 is 22.6 Å². The summed E-state index contributed by atoms with van der Waals surface area (Å²) in [6, 6.07) is 5.74. The minimum absolute atomic E-state index is 0. The summed E-state index contributed by atoms with van der Waals surface area (Å²) in [5, 5.41) is 10.3. The smallest absolute Gasteiger partial charge is 0.546 e. The van der Waals surface area contributed by atoms with Gasteiger partial charge in [-0.2, -0.15) is 4.31 Å². The Hall–Kier alpha value is -0.600. The van der Waals surface area contributed by atoms with Crippen LogP contribution < -0.4 is 39.4 Å². The first-order valence-corrected chi connectivity index (χ1v) is 7.87. The fourth-order valence-electron chi connectivity index (χ4n) is 2.10. The third kappa shape index (κ3) is 4.96. The molecule has 21 heavy (non-hydrogen) atoms. The molecule has 0 aromatic heterocycles. The molecule has 0 bridgehead atoms. The monoisotopic (exact) mass is 321 g/mol. The first-order valence-electron chi connectivity index (χ1n) is 6.43. The Balaban J connectivity index is 0.00000220. The zero-order valence-corrected chi connectivity index (χ0v) is 14.8. The Morgan fingerprint density at radius 3 is 2.24 bits per heavy atom. The number of ether oxygens (including phenoxy) is 1. The van der Waals surface area contributed by atoms with Crippen LogP contribution in [0.25, 0.3) is 0 Å². The summed E-state index contributed by atoms with van der Waals surface area (Å²) in [5.41, 5.74) is 0. The van der Waals surface area contributed by atoms with Crippen molar-refractivity contribution in [2.45, 2.75) is 24.2 Å². The van der Waals surface area contributed by atoms with Gasteiger partial charge in [0.15, 0.2) is 0 Å². The maximum absolute atomic E-state index is 12.3. The van der Waals surface area contributed by atoms with Gasteiger partial charge in [-0.3, -0.25) is 0 Å². The molecule has 1 aromatic carbocycles. The number of hydrogen-bond acceptors (Lipinski definition) is 5. The van der Waals surface area contributed by atoms with Crippen molar-refractivity contribution in [3.63, 3.8) is 0 Å². The average molecular weight is 321 g/mol. The van der Waals surface area contributed by atoms with E-state index in [9.17, 15) is 18.3 Å². The van der Waals surface area contributed by atoms with Gasteiger partial charge in [0.05, 0.1) is 10.9 Å². The summed E-state index contributed by atoms with van der Waals surface area (Å²) in [4.78, 5) is 10.5. The number of sulfonamides is 1. The van der Waals surface area contributed by atoms with E-state index in [0.717, 1.165) is 19.3 Å². The Bertz CT molecular complexity index is 567. The molecule has 8 heteroatoms. The molecule has 1 aliphatic rings. The van der Waals surface area contributed by atoms with E-state index in [0.29, 0.717) is 18.8 Å². The summed E-state index contributed by atoms with van der Waals surface area (Å²) in [6.07, 6.45) is 2.82. The molecule has 0 unspecified atom stereocenters. The van der Waals surface area contributed by atoms with Gasteiger partial charge in [0.25, 0.3) is 0 Å². The SMILES string of the molecule is O=C([O-])COc1ccc(S(=O)(=O)N2CCCCC2)cc1.[Na+]. The van der Waals surface area contributed by atoms with Crippen molar-refractivity contribution in [1.82, 2.24) is 4.31 Å². The number of aliphatic carboxylic acids is 1. The minimum atomic E-state index is -3.46. The molecule has 6 nitrogen and oxygen atoms in total. The number of benzene rings is 1. The molecule has 1 aliphatic heterocycles. The van der Waals surface area contributed by atoms with E-state index in [4.69, 9.17) is 4.74 Å². The maximum Gasteiger partial charge on any atom is 1.00 e. The number of carbonyl (C=O) groups excluding carboxylic acids is 1. The van der Waals surface area contributed by atoms with Gasteiger partial charge < -0.3 is 14.6 Å². The van der Waals surface area contributed by atoms with Crippen LogP contribution in [0.2, 0.25) is 0 Å². The number of piperidine rings is 1. The third-order valence-corrected chi connectivity index (χ3v) is 5.05. The largest absolute Gasteiger partial charge is 1.00 e. The molecular weight excluding hydrogens is 305 g/mol. The molecule has 1 heterocycles. The number of hydrogen-bond donors (Lipinski definition) is 0. The molecule has 0 amide bonds. The zero-order valence-electron chi connectivity index (χ0n) is 11.9. The summed E-state index contributed by atoms with van der Waals surface area (Å²) >= 11 is 0. The van der Waals surface area contributed by atoms with Crippen LogP contribution in [0.4, 0.5) is 0 Å². The maximum atomic E-state index is 12.3. The van der Waals surface area contributed by atoms with Crippen molar-refractivity contribution in [2.75, 3.05) is 19.7 Å². The Labute approximate surface area is 146 Å². The van der Waals surface area contributed by atoms with Crippen LogP contribution in [0.5, 0.6) is 5.75 Å². The van der Waals surface area contributed by atoms with E-state index in [2.05, 4.69) is 0 Å². The summed E-state index contributed by atoms with van der Waals surface area (Å²) < 4.78 is 31.1. The number of carboxylic acids is 1. The van der Waals surface area contributed by atoms with Crippen LogP contribution in [0, 0.1) is 0 Å². The normalized spacial score (nSPS) is 16.0. The summed E-state index contributed by atoms with van der Waals surface area (Å²) in [7, 11) is -3.46. The van der Waals surface area contributed by atoms with Crippen LogP contribution >= 0.6 is 0 Å². The van der Waals surface area contributed by atoms with Gasteiger partial charge in [0, 0.05) is 13.1 Å². The van der Waals surface area contributed by atoms with Crippen LogP contribution in [-0.4, -0.2) is 38.4 Å². The van der Waals surface area contributed by atoms with Gasteiger partial charge in [-0.15, -0.1) is 0 Å². The fourth-order valence-corrected chi connectivity index (χ4v) is 3.62. The predicted molar refractivity (Wildman–Crippen MR) is 69.6 cm³/mol. The molecule has 0 atom stereocenters. The van der Waals surface area contributed by atoms with Gasteiger partial charge >= 0.3 is 29.6 Å². The first-order chi connectivity index (χ1) is 9.50. The average Bonchev–Trinajstić information content (AvgIpc) is 2.46. The predicted octanol–water partition coefficient (Wildman–Crippen LogP) is -3.01. The molecule has 110 valence electrons. The molecule has 0 radical (unpaired) electrons. The first kappa shape index (κ1) is 18.4. The van der Waals surface area contributed by atoms with Gasteiger partial charge in [-0.1, -0.05) is 6.42 Å². The third-order valence-electron chi connectivity index (χ3n) is 3.13. The van der Waals surface area contributed by atoms with E-state index in [-0.39, 0.29) is 34.5 Å². The summed E-state index contributed by atoms with van der Waals surface area (Å²) in [5.74, 6) is -1.03. The topological polar surface area (TPSA) is 86.7 Å². The Morgan fingerprint density at radius 1 is 1.14 bits per heavy atom. The molecule has 0 saturated carbocycles. The molecule has 0 spiro atoms. The van der Waals surface area contributed by atoms with E-state index in [1.165, 1.54) is 28.6 Å². The Kier molecular flexibility index (Phi) is 7.15. The quantitative estimate of drug-likeness (QED) is 0.539. The van der Waals surface area contributed by atoms with Crippen LogP contribution in [0.15, 0.2) is 29.2 Å². The van der Waals surface area contributed by atoms with Crippen molar-refractivity contribution in [3.8, 4) is 5.75 Å². The van der Waals surface area contributed by atoms with Crippen LogP contribution in [-0.2, 0) is 14.8 Å². The van der Waals surface area contributed by atoms with E-state index in [1.54, 1.807) is 0 Å². The molecule has 1 aromatic rings. The van der Waals surface area contributed by atoms with Gasteiger partial charge in [0.2, 0.25) is 10.0 Å². The summed E-state index contributed by atoms with van der Waals surface area (Å²) in [6.45, 7) is 0.536. The van der Waals surface area contributed by atoms with Gasteiger partial charge in [-0.05, 0) is 37.1 Å². The molecule has 0 N–H and O–H groups in total. The van der Waals surface area contributed by atoms with E-state index in [1.807, 2.05) is 0 Å². The van der Waals surface area contributed by atoms with Crippen molar-refractivity contribution >= 4 is 16.0 Å². The van der Waals surface area contributed by atoms with Gasteiger partial charge in [0.1, 0.15) is 12.4 Å². The van der Waals surface area contributed by atoms with Crippen LogP contribution in [0.1, 0.15) is 19.3 Å². The molecule has 0 aliphatic carbocycles. The molecule has 2 rings (SSSR count). The number of carboxylic acid groups (broad SMARTS) is 1. The van der Waals surface area contributed by atoms with Crippen molar-refractivity contribution in [1.29, 1.82) is 0 Å². The number of rotatable bonds is 5. The minimum Gasteiger partial charge on any atom is -0.546 e. The van der Waals surface area contributed by atoms with Gasteiger partial charge in [-0.25, -0.2) is 8.42 Å². The second-order valence-electron chi connectivity index (χ2n) is 4.60. The van der Waals surface area contributed by atoms with Crippen molar-refractivity contribution in [3.05, 3.63) is 24.3 Å². The van der Waals surface area contributed by atoms with E-state index >= 15 is 0 Å². The van der Waals surface area contributed by atoms with Crippen molar-refractivity contribution in [2.24, 2.45) is 0 Å². The fraction of sp³-hybridized carbons (Fsp3) is 0.462. The molecule has 1 saturated heterocycles. The van der Waals surface area contributed by atoms with Crippen molar-refractivity contribution < 1.29 is 52.6 Å². The Morgan fingerprint density at radius 2 is 1.71 bits per heavy atom. The standard InChI is InChI=1S/C13H17NO5S.Na/c15-13(16)10-19-11-4-6-12(7-5-11)20(17,18)14-8-2-1-3-9-14;/h4-7H,1-3,8-10H2,(H,15,16);/q;+1/p-1. The molecule has 1 fully saturated rings. The zero-order chi connectivity index (χ0) is 14.6.